The molecule has 0 radical (unpaired) electrons. The highest BCUT2D eigenvalue weighted by atomic mass is 32.2. The predicted molar refractivity (Wildman–Crippen MR) is 60.8 cm³/mol. The first kappa shape index (κ1) is 12.5. The number of nitro groups is 1. The van der Waals surface area contributed by atoms with Crippen molar-refractivity contribution in [2.45, 2.75) is 18.2 Å². The minimum Gasteiger partial charge on any atom is -0.481 e. The highest BCUT2D eigenvalue weighted by molar-refractivity contribution is 7.99. The zero-order valence-corrected chi connectivity index (χ0v) is 9.49. The highest BCUT2D eigenvalue weighted by Crippen LogP contribution is 2.25. The molecule has 0 atom stereocenters. The Morgan fingerprint density at radius 3 is 2.69 bits per heavy atom. The first-order valence-corrected chi connectivity index (χ1v) is 5.64. The smallest absolute Gasteiger partial charge is 0.307 e. The summed E-state index contributed by atoms with van der Waals surface area (Å²) in [6.45, 7) is 1.93. The second-order valence-electron chi connectivity index (χ2n) is 3.10. The van der Waals surface area contributed by atoms with Gasteiger partial charge < -0.3 is 5.11 Å². The van der Waals surface area contributed by atoms with E-state index >= 15 is 0 Å². The number of non-ortho nitro benzene ring substituents is 1. The SMILES string of the molecule is CCSc1cc(CC(=O)O)cc([N+](=O)[O-])c1. The largest absolute Gasteiger partial charge is 0.481 e. The van der Waals surface area contributed by atoms with E-state index in [4.69, 9.17) is 5.11 Å². The summed E-state index contributed by atoms with van der Waals surface area (Å²) in [6.07, 6.45) is -0.195. The third kappa shape index (κ3) is 3.54. The Hall–Kier alpha value is -1.56. The first-order chi connectivity index (χ1) is 7.52. The Morgan fingerprint density at radius 2 is 2.19 bits per heavy atom. The number of carbonyl (C=O) groups is 1. The third-order valence-corrected chi connectivity index (χ3v) is 2.69. The van der Waals surface area contributed by atoms with Gasteiger partial charge in [-0.05, 0) is 17.4 Å². The summed E-state index contributed by atoms with van der Waals surface area (Å²) in [7, 11) is 0. The second-order valence-corrected chi connectivity index (χ2v) is 4.43. The summed E-state index contributed by atoms with van der Waals surface area (Å²) in [5, 5.41) is 19.3. The van der Waals surface area contributed by atoms with E-state index in [2.05, 4.69) is 0 Å². The maximum absolute atomic E-state index is 10.6. The molecule has 5 nitrogen and oxygen atoms in total. The van der Waals surface area contributed by atoms with Gasteiger partial charge in [-0.15, -0.1) is 11.8 Å². The van der Waals surface area contributed by atoms with Gasteiger partial charge in [0, 0.05) is 17.0 Å². The molecule has 1 rings (SSSR count). The molecule has 0 heterocycles. The summed E-state index contributed by atoms with van der Waals surface area (Å²) < 4.78 is 0. The van der Waals surface area contributed by atoms with Crippen LogP contribution < -0.4 is 0 Å². The standard InChI is InChI=1S/C10H11NO4S/c1-2-16-9-4-7(5-10(12)13)3-8(6-9)11(14)15/h3-4,6H,2,5H2,1H3,(H,12,13). The number of nitro benzene ring substituents is 1. The summed E-state index contributed by atoms with van der Waals surface area (Å²) in [5.74, 6) is -0.207. The molecule has 0 unspecified atom stereocenters. The molecular formula is C10H11NO4S. The summed E-state index contributed by atoms with van der Waals surface area (Å²) in [4.78, 5) is 21.4. The molecule has 1 aromatic rings. The summed E-state index contributed by atoms with van der Waals surface area (Å²) >= 11 is 1.45. The Morgan fingerprint density at radius 1 is 1.50 bits per heavy atom. The van der Waals surface area contributed by atoms with Crippen LogP contribution in [-0.2, 0) is 11.2 Å². The van der Waals surface area contributed by atoms with Crippen LogP contribution in [-0.4, -0.2) is 21.8 Å². The molecule has 0 saturated carbocycles. The van der Waals surface area contributed by atoms with Gasteiger partial charge in [0.25, 0.3) is 5.69 Å². The van der Waals surface area contributed by atoms with E-state index < -0.39 is 10.9 Å². The molecular weight excluding hydrogens is 230 g/mol. The maximum Gasteiger partial charge on any atom is 0.307 e. The number of benzene rings is 1. The van der Waals surface area contributed by atoms with Crippen molar-refractivity contribution in [1.29, 1.82) is 0 Å². The molecule has 1 N–H and O–H groups in total. The molecule has 0 fully saturated rings. The van der Waals surface area contributed by atoms with Gasteiger partial charge in [0.2, 0.25) is 0 Å². The van der Waals surface area contributed by atoms with Crippen LogP contribution in [0.15, 0.2) is 23.1 Å². The Labute approximate surface area is 96.6 Å². The van der Waals surface area contributed by atoms with Crippen LogP contribution in [0.4, 0.5) is 5.69 Å². The number of hydrogen-bond donors (Lipinski definition) is 1. The van der Waals surface area contributed by atoms with Crippen LogP contribution in [0.5, 0.6) is 0 Å². The minimum atomic E-state index is -0.993. The zero-order chi connectivity index (χ0) is 12.1. The number of hydrogen-bond acceptors (Lipinski definition) is 4. The predicted octanol–water partition coefficient (Wildman–Crippen LogP) is 2.33. The fraction of sp³-hybridized carbons (Fsp3) is 0.300. The van der Waals surface area contributed by atoms with Gasteiger partial charge in [-0.2, -0.15) is 0 Å². The highest BCUT2D eigenvalue weighted by Gasteiger charge is 2.11. The number of aliphatic carboxylic acids is 1. The van der Waals surface area contributed by atoms with E-state index in [1.54, 1.807) is 6.07 Å². The fourth-order valence-electron chi connectivity index (χ4n) is 1.28. The molecule has 0 amide bonds. The molecule has 0 aliphatic carbocycles. The van der Waals surface area contributed by atoms with Gasteiger partial charge in [0.1, 0.15) is 0 Å². The molecule has 0 aromatic heterocycles. The lowest BCUT2D eigenvalue weighted by molar-refractivity contribution is -0.385. The summed E-state index contributed by atoms with van der Waals surface area (Å²) in [5.41, 5.74) is 0.396. The maximum atomic E-state index is 10.6. The minimum absolute atomic E-state index is 0.0605. The molecule has 16 heavy (non-hydrogen) atoms. The molecule has 0 spiro atoms. The molecule has 86 valence electrons. The number of thioether (sulfide) groups is 1. The monoisotopic (exact) mass is 241 g/mol. The molecule has 0 aliphatic heterocycles. The van der Waals surface area contributed by atoms with Crippen molar-refractivity contribution in [1.82, 2.24) is 0 Å². The molecule has 0 saturated heterocycles. The van der Waals surface area contributed by atoms with Crippen molar-refractivity contribution >= 4 is 23.4 Å². The lowest BCUT2D eigenvalue weighted by Crippen LogP contribution is -2.01. The van der Waals surface area contributed by atoms with Crippen molar-refractivity contribution in [3.63, 3.8) is 0 Å². The van der Waals surface area contributed by atoms with E-state index in [1.807, 2.05) is 6.92 Å². The van der Waals surface area contributed by atoms with Gasteiger partial charge in [-0.3, -0.25) is 14.9 Å². The van der Waals surface area contributed by atoms with Crippen LogP contribution >= 0.6 is 11.8 Å². The van der Waals surface area contributed by atoms with Gasteiger partial charge in [0.05, 0.1) is 11.3 Å². The van der Waals surface area contributed by atoms with E-state index in [1.165, 1.54) is 23.9 Å². The Balaban J connectivity index is 3.07. The van der Waals surface area contributed by atoms with Crippen LogP contribution in [0.3, 0.4) is 0 Å². The average Bonchev–Trinajstić information content (AvgIpc) is 2.16. The van der Waals surface area contributed by atoms with Crippen LogP contribution in [0.25, 0.3) is 0 Å². The molecule has 6 heteroatoms. The lowest BCUT2D eigenvalue weighted by Gasteiger charge is -2.02. The van der Waals surface area contributed by atoms with Gasteiger partial charge >= 0.3 is 5.97 Å². The number of rotatable bonds is 5. The fourth-order valence-corrected chi connectivity index (χ4v) is 2.05. The number of carboxylic acid groups (broad SMARTS) is 1. The van der Waals surface area contributed by atoms with Crippen molar-refractivity contribution in [3.8, 4) is 0 Å². The first-order valence-electron chi connectivity index (χ1n) is 4.66. The molecule has 0 bridgehead atoms. The van der Waals surface area contributed by atoms with Crippen molar-refractivity contribution in [2.75, 3.05) is 5.75 Å². The third-order valence-electron chi connectivity index (χ3n) is 1.83. The quantitative estimate of drug-likeness (QED) is 0.486. The lowest BCUT2D eigenvalue weighted by atomic mass is 10.1. The van der Waals surface area contributed by atoms with Gasteiger partial charge in [-0.1, -0.05) is 6.92 Å². The second kappa shape index (κ2) is 5.50. The Kier molecular flexibility index (Phi) is 4.30. The van der Waals surface area contributed by atoms with Crippen molar-refractivity contribution in [3.05, 3.63) is 33.9 Å². The summed E-state index contributed by atoms with van der Waals surface area (Å²) in [6, 6.07) is 4.43. The average molecular weight is 241 g/mol. The van der Waals surface area contributed by atoms with Crippen LogP contribution in [0.1, 0.15) is 12.5 Å². The van der Waals surface area contributed by atoms with Crippen LogP contribution in [0, 0.1) is 10.1 Å². The van der Waals surface area contributed by atoms with Gasteiger partial charge in [-0.25, -0.2) is 0 Å². The number of carboxylic acids is 1. The Bertz CT molecular complexity index is 419. The van der Waals surface area contributed by atoms with E-state index in [0.717, 1.165) is 10.6 Å². The van der Waals surface area contributed by atoms with Crippen LogP contribution in [0.2, 0.25) is 0 Å². The van der Waals surface area contributed by atoms with Crippen molar-refractivity contribution < 1.29 is 14.8 Å². The van der Waals surface area contributed by atoms with E-state index in [-0.39, 0.29) is 12.1 Å². The molecule has 1 aromatic carbocycles. The van der Waals surface area contributed by atoms with E-state index in [9.17, 15) is 14.9 Å². The molecule has 0 aliphatic rings. The van der Waals surface area contributed by atoms with E-state index in [0.29, 0.717) is 5.56 Å². The topological polar surface area (TPSA) is 80.4 Å². The zero-order valence-electron chi connectivity index (χ0n) is 8.67. The normalized spacial score (nSPS) is 10.1. The van der Waals surface area contributed by atoms with Crippen molar-refractivity contribution in [2.24, 2.45) is 0 Å². The van der Waals surface area contributed by atoms with Gasteiger partial charge in [0.15, 0.2) is 0 Å². The number of nitrogens with zero attached hydrogens (tertiary/aromatic N) is 1.